The van der Waals surface area contributed by atoms with Gasteiger partial charge in [0.2, 0.25) is 0 Å². The molecule has 0 spiro atoms. The van der Waals surface area contributed by atoms with E-state index >= 15 is 0 Å². The third-order valence-corrected chi connectivity index (χ3v) is 3.68. The van der Waals surface area contributed by atoms with Crippen molar-refractivity contribution in [1.82, 2.24) is 9.88 Å². The second kappa shape index (κ2) is 5.60. The number of aromatic nitrogens is 1. The molecule has 0 N–H and O–H groups in total. The Bertz CT molecular complexity index is 519. The molecule has 1 aromatic rings. The van der Waals surface area contributed by atoms with E-state index in [4.69, 9.17) is 11.6 Å². The van der Waals surface area contributed by atoms with Gasteiger partial charge in [-0.1, -0.05) is 11.6 Å². The van der Waals surface area contributed by atoms with Crippen LogP contribution in [0.4, 0.5) is 13.2 Å². The third kappa shape index (κ3) is 3.23. The third-order valence-electron chi connectivity index (χ3n) is 3.39. The molecule has 0 aliphatic carbocycles. The predicted octanol–water partition coefficient (Wildman–Crippen LogP) is 3.46. The molecule has 20 heavy (non-hydrogen) atoms. The molecule has 2 heterocycles. The van der Waals surface area contributed by atoms with Gasteiger partial charge in [-0.25, -0.2) is 4.98 Å². The molecular weight excluding hydrogens is 293 g/mol. The zero-order chi connectivity index (χ0) is 14.9. The van der Waals surface area contributed by atoms with Crippen LogP contribution in [0, 0.1) is 12.8 Å². The van der Waals surface area contributed by atoms with Crippen molar-refractivity contribution in [2.24, 2.45) is 5.92 Å². The summed E-state index contributed by atoms with van der Waals surface area (Å²) < 4.78 is 38.2. The van der Waals surface area contributed by atoms with E-state index in [9.17, 15) is 18.0 Å². The van der Waals surface area contributed by atoms with Gasteiger partial charge in [-0.2, -0.15) is 13.2 Å². The number of aryl methyl sites for hydroxylation is 1. The second-order valence-electron chi connectivity index (χ2n) is 4.92. The smallest absolute Gasteiger partial charge is 0.338 e. The molecule has 0 radical (unpaired) electrons. The Hall–Kier alpha value is -1.30. The van der Waals surface area contributed by atoms with Gasteiger partial charge < -0.3 is 4.90 Å². The van der Waals surface area contributed by atoms with E-state index in [1.807, 2.05) is 0 Å². The molecule has 1 aliphatic heterocycles. The number of rotatable bonds is 1. The summed E-state index contributed by atoms with van der Waals surface area (Å²) in [6, 6.07) is 3.12. The topological polar surface area (TPSA) is 33.2 Å². The van der Waals surface area contributed by atoms with Crippen LogP contribution in [0.2, 0.25) is 5.15 Å². The van der Waals surface area contributed by atoms with Crippen LogP contribution in [0.3, 0.4) is 0 Å². The molecule has 1 unspecified atom stereocenters. The van der Waals surface area contributed by atoms with Crippen LogP contribution in [0.15, 0.2) is 12.1 Å². The minimum absolute atomic E-state index is 0.0316. The molecule has 3 nitrogen and oxygen atoms in total. The number of halogens is 4. The predicted molar refractivity (Wildman–Crippen MR) is 68.7 cm³/mol. The number of piperidine rings is 1. The number of pyridine rings is 1. The van der Waals surface area contributed by atoms with Crippen LogP contribution in [-0.2, 0) is 0 Å². The molecule has 1 fully saturated rings. The summed E-state index contributed by atoms with van der Waals surface area (Å²) in [5.41, 5.74) is 0.804. The fourth-order valence-corrected chi connectivity index (χ4v) is 2.56. The number of hydrogen-bond acceptors (Lipinski definition) is 2. The first-order chi connectivity index (χ1) is 9.29. The zero-order valence-electron chi connectivity index (χ0n) is 10.9. The van der Waals surface area contributed by atoms with Crippen molar-refractivity contribution in [3.05, 3.63) is 28.5 Å². The molecule has 0 bridgehead atoms. The van der Waals surface area contributed by atoms with Crippen LogP contribution in [-0.4, -0.2) is 35.1 Å². The van der Waals surface area contributed by atoms with Gasteiger partial charge in [0.25, 0.3) is 5.91 Å². The molecule has 1 saturated heterocycles. The number of carbonyl (C=O) groups is 1. The minimum atomic E-state index is -4.27. The molecule has 1 aliphatic rings. The highest BCUT2D eigenvalue weighted by Crippen LogP contribution is 2.33. The highest BCUT2D eigenvalue weighted by atomic mass is 35.5. The van der Waals surface area contributed by atoms with Crippen LogP contribution < -0.4 is 0 Å². The maximum atomic E-state index is 12.7. The van der Waals surface area contributed by atoms with E-state index in [-0.39, 0.29) is 23.7 Å². The lowest BCUT2D eigenvalue weighted by Crippen LogP contribution is -2.44. The normalized spacial score (nSPS) is 20.1. The van der Waals surface area contributed by atoms with Gasteiger partial charge in [0.05, 0.1) is 11.5 Å². The number of alkyl halides is 3. The zero-order valence-corrected chi connectivity index (χ0v) is 11.6. The molecule has 1 amide bonds. The monoisotopic (exact) mass is 306 g/mol. The number of amides is 1. The lowest BCUT2D eigenvalue weighted by Gasteiger charge is -2.33. The summed E-state index contributed by atoms with van der Waals surface area (Å²) in [6.07, 6.45) is -3.87. The maximum Gasteiger partial charge on any atom is 0.393 e. The Balaban J connectivity index is 2.16. The first-order valence-electron chi connectivity index (χ1n) is 6.28. The van der Waals surface area contributed by atoms with Gasteiger partial charge in [0, 0.05) is 18.8 Å². The van der Waals surface area contributed by atoms with Gasteiger partial charge in [0.15, 0.2) is 0 Å². The Kier molecular flexibility index (Phi) is 4.22. The summed E-state index contributed by atoms with van der Waals surface area (Å²) in [4.78, 5) is 17.4. The molecule has 1 aromatic heterocycles. The van der Waals surface area contributed by atoms with E-state index in [0.717, 1.165) is 0 Å². The Labute approximate surface area is 119 Å². The summed E-state index contributed by atoms with van der Waals surface area (Å²) in [5, 5.41) is 0.0316. The fraction of sp³-hybridized carbons (Fsp3) is 0.538. The van der Waals surface area contributed by atoms with Gasteiger partial charge in [-0.05, 0) is 31.9 Å². The highest BCUT2D eigenvalue weighted by molar-refractivity contribution is 6.32. The maximum absolute atomic E-state index is 12.7. The molecule has 0 aromatic carbocycles. The van der Waals surface area contributed by atoms with E-state index < -0.39 is 18.0 Å². The second-order valence-corrected chi connectivity index (χ2v) is 5.28. The highest BCUT2D eigenvalue weighted by Gasteiger charge is 2.42. The average molecular weight is 307 g/mol. The van der Waals surface area contributed by atoms with Crippen molar-refractivity contribution < 1.29 is 18.0 Å². The number of hydrogen-bond donors (Lipinski definition) is 0. The summed E-state index contributed by atoms with van der Waals surface area (Å²) >= 11 is 5.89. The largest absolute Gasteiger partial charge is 0.393 e. The molecule has 7 heteroatoms. The Morgan fingerprint density at radius 1 is 1.45 bits per heavy atom. The molecule has 0 saturated carbocycles. The van der Waals surface area contributed by atoms with Gasteiger partial charge >= 0.3 is 6.18 Å². The van der Waals surface area contributed by atoms with Gasteiger partial charge in [-0.3, -0.25) is 4.79 Å². The van der Waals surface area contributed by atoms with Crippen molar-refractivity contribution in [3.8, 4) is 0 Å². The lowest BCUT2D eigenvalue weighted by atomic mass is 9.97. The first kappa shape index (κ1) is 15.1. The number of likely N-dealkylation sites (tertiary alicyclic amines) is 1. The van der Waals surface area contributed by atoms with Crippen LogP contribution >= 0.6 is 11.6 Å². The standard InChI is InChI=1S/C13H14ClF3N2O/c1-8-4-5-10(11(14)18-8)12(20)19-6-2-3-9(7-19)13(15,16)17/h4-5,9H,2-3,6-7H2,1H3. The fourth-order valence-electron chi connectivity index (χ4n) is 2.28. The van der Waals surface area contributed by atoms with Crippen LogP contribution in [0.1, 0.15) is 28.9 Å². The SMILES string of the molecule is Cc1ccc(C(=O)N2CCCC(C(F)(F)F)C2)c(Cl)n1. The van der Waals surface area contributed by atoms with E-state index in [2.05, 4.69) is 4.98 Å². The van der Waals surface area contributed by atoms with Crippen molar-refractivity contribution in [2.45, 2.75) is 25.9 Å². The number of carbonyl (C=O) groups excluding carboxylic acids is 1. The lowest BCUT2D eigenvalue weighted by molar-refractivity contribution is -0.184. The summed E-state index contributed by atoms with van der Waals surface area (Å²) in [7, 11) is 0. The van der Waals surface area contributed by atoms with E-state index in [0.29, 0.717) is 18.7 Å². The molecule has 110 valence electrons. The minimum Gasteiger partial charge on any atom is -0.338 e. The van der Waals surface area contributed by atoms with Crippen LogP contribution in [0.5, 0.6) is 0 Å². The molecular formula is C13H14ClF3N2O. The Morgan fingerprint density at radius 3 is 2.75 bits per heavy atom. The van der Waals surface area contributed by atoms with Crippen LogP contribution in [0.25, 0.3) is 0 Å². The first-order valence-corrected chi connectivity index (χ1v) is 6.66. The van der Waals surface area contributed by atoms with E-state index in [1.165, 1.54) is 11.0 Å². The average Bonchev–Trinajstić information content (AvgIpc) is 2.37. The van der Waals surface area contributed by atoms with Crippen molar-refractivity contribution in [1.29, 1.82) is 0 Å². The van der Waals surface area contributed by atoms with Gasteiger partial charge in [-0.15, -0.1) is 0 Å². The van der Waals surface area contributed by atoms with Gasteiger partial charge in [0.1, 0.15) is 5.15 Å². The Morgan fingerprint density at radius 2 is 2.15 bits per heavy atom. The van der Waals surface area contributed by atoms with Crippen molar-refractivity contribution in [3.63, 3.8) is 0 Å². The summed E-state index contributed by atoms with van der Waals surface area (Å²) in [5.74, 6) is -1.95. The van der Waals surface area contributed by atoms with E-state index in [1.54, 1.807) is 13.0 Å². The quantitative estimate of drug-likeness (QED) is 0.745. The summed E-state index contributed by atoms with van der Waals surface area (Å²) in [6.45, 7) is 1.73. The molecule has 1 atom stereocenters. The molecule has 2 rings (SSSR count). The van der Waals surface area contributed by atoms with Crippen molar-refractivity contribution in [2.75, 3.05) is 13.1 Å². The number of nitrogens with zero attached hydrogens (tertiary/aromatic N) is 2. The van der Waals surface area contributed by atoms with Crippen molar-refractivity contribution >= 4 is 17.5 Å².